The van der Waals surface area contributed by atoms with Crippen molar-refractivity contribution < 1.29 is 19.7 Å². The number of ether oxygens (including phenoxy) is 2. The number of fused-ring (bicyclic) bond motifs is 3. The maximum absolute atomic E-state index is 9.29. The fourth-order valence-electron chi connectivity index (χ4n) is 6.42. The average molecular weight is 495 g/mol. The molecule has 0 radical (unpaired) electrons. The molecule has 0 aliphatic heterocycles. The largest absolute Gasteiger partial charge is 0.491 e. The molecule has 37 heavy (non-hydrogen) atoms. The van der Waals surface area contributed by atoms with Crippen molar-refractivity contribution in [1.82, 2.24) is 0 Å². The summed E-state index contributed by atoms with van der Waals surface area (Å²) in [5.41, 5.74) is 11.5. The van der Waals surface area contributed by atoms with Crippen LogP contribution < -0.4 is 9.47 Å². The van der Waals surface area contributed by atoms with E-state index >= 15 is 0 Å². The number of rotatable bonds is 8. The number of aryl methyl sites for hydroxylation is 4. The van der Waals surface area contributed by atoms with Gasteiger partial charge in [-0.2, -0.15) is 0 Å². The molecule has 1 aliphatic rings. The van der Waals surface area contributed by atoms with Gasteiger partial charge in [0.2, 0.25) is 0 Å². The number of aliphatic hydroxyl groups is 2. The molecule has 5 rings (SSSR count). The van der Waals surface area contributed by atoms with E-state index in [1.165, 1.54) is 33.4 Å². The summed E-state index contributed by atoms with van der Waals surface area (Å²) >= 11 is 0. The Morgan fingerprint density at radius 2 is 0.919 bits per heavy atom. The van der Waals surface area contributed by atoms with Gasteiger partial charge in [-0.05, 0) is 108 Å². The van der Waals surface area contributed by atoms with Crippen LogP contribution in [0.4, 0.5) is 0 Å². The standard InChI is InChI=1S/C33H34O4/c1-21-17-25(36-15-13-34)18-22(2)31(21)33(32-23(3)19-26(20-24(32)4)37-16-14-35)29-11-7-5-9-27(29)28-10-6-8-12-30(28)33/h5-12,17-20,34-35H,13-16H2,1-4H3. The third-order valence-electron chi connectivity index (χ3n) is 7.43. The molecular formula is C33H34O4. The quantitative estimate of drug-likeness (QED) is 0.277. The van der Waals surface area contributed by atoms with Gasteiger partial charge in [0.1, 0.15) is 24.7 Å². The third kappa shape index (κ3) is 4.01. The fourth-order valence-corrected chi connectivity index (χ4v) is 6.42. The first kappa shape index (κ1) is 25.1. The highest BCUT2D eigenvalue weighted by molar-refractivity contribution is 5.87. The van der Waals surface area contributed by atoms with Gasteiger partial charge in [0, 0.05) is 0 Å². The van der Waals surface area contributed by atoms with Crippen LogP contribution in [0.3, 0.4) is 0 Å². The SMILES string of the molecule is Cc1cc(OCCO)cc(C)c1C1(c2c(C)cc(OCCO)cc2C)c2ccccc2-c2ccccc21. The zero-order valence-electron chi connectivity index (χ0n) is 22.0. The van der Waals surface area contributed by atoms with Gasteiger partial charge in [-0.1, -0.05) is 48.5 Å². The second-order valence-electron chi connectivity index (χ2n) is 9.85. The third-order valence-corrected chi connectivity index (χ3v) is 7.43. The van der Waals surface area contributed by atoms with Crippen LogP contribution in [0.25, 0.3) is 11.1 Å². The molecule has 0 aromatic heterocycles. The maximum Gasteiger partial charge on any atom is 0.119 e. The van der Waals surface area contributed by atoms with Crippen molar-refractivity contribution in [2.75, 3.05) is 26.4 Å². The summed E-state index contributed by atoms with van der Waals surface area (Å²) in [6.07, 6.45) is 0. The Bertz CT molecular complexity index is 1300. The first-order valence-electron chi connectivity index (χ1n) is 12.8. The van der Waals surface area contributed by atoms with E-state index in [1.807, 2.05) is 0 Å². The highest BCUT2D eigenvalue weighted by Gasteiger charge is 2.49. The molecule has 0 heterocycles. The van der Waals surface area contributed by atoms with Crippen molar-refractivity contribution in [1.29, 1.82) is 0 Å². The fraction of sp³-hybridized carbons (Fsp3) is 0.273. The van der Waals surface area contributed by atoms with Gasteiger partial charge >= 0.3 is 0 Å². The van der Waals surface area contributed by atoms with Crippen molar-refractivity contribution >= 4 is 0 Å². The van der Waals surface area contributed by atoms with E-state index < -0.39 is 5.41 Å². The number of hydrogen-bond donors (Lipinski definition) is 2. The van der Waals surface area contributed by atoms with Crippen LogP contribution in [-0.2, 0) is 5.41 Å². The molecule has 0 spiro atoms. The summed E-state index contributed by atoms with van der Waals surface area (Å²) < 4.78 is 11.7. The molecule has 4 nitrogen and oxygen atoms in total. The molecular weight excluding hydrogens is 460 g/mol. The smallest absolute Gasteiger partial charge is 0.119 e. The van der Waals surface area contributed by atoms with Crippen LogP contribution in [0.1, 0.15) is 44.5 Å². The zero-order chi connectivity index (χ0) is 26.2. The zero-order valence-corrected chi connectivity index (χ0v) is 22.0. The van der Waals surface area contributed by atoms with Crippen LogP contribution in [-0.4, -0.2) is 36.6 Å². The second kappa shape index (κ2) is 10.0. The van der Waals surface area contributed by atoms with Gasteiger partial charge in [0.05, 0.1) is 18.6 Å². The summed E-state index contributed by atoms with van der Waals surface area (Å²) in [5, 5.41) is 18.6. The number of aliphatic hydroxyl groups excluding tert-OH is 2. The lowest BCUT2D eigenvalue weighted by Crippen LogP contribution is -2.32. The van der Waals surface area contributed by atoms with Gasteiger partial charge in [-0.3, -0.25) is 0 Å². The Labute approximate surface area is 219 Å². The van der Waals surface area contributed by atoms with E-state index in [-0.39, 0.29) is 26.4 Å². The summed E-state index contributed by atoms with van der Waals surface area (Å²) in [7, 11) is 0. The van der Waals surface area contributed by atoms with Crippen molar-refractivity contribution in [2.45, 2.75) is 33.1 Å². The van der Waals surface area contributed by atoms with E-state index in [1.54, 1.807) is 0 Å². The van der Waals surface area contributed by atoms with Gasteiger partial charge in [-0.25, -0.2) is 0 Å². The molecule has 0 atom stereocenters. The van der Waals surface area contributed by atoms with Crippen LogP contribution in [0.2, 0.25) is 0 Å². The van der Waals surface area contributed by atoms with E-state index in [9.17, 15) is 10.2 Å². The Balaban J connectivity index is 1.89. The Morgan fingerprint density at radius 1 is 0.568 bits per heavy atom. The Morgan fingerprint density at radius 3 is 1.27 bits per heavy atom. The van der Waals surface area contributed by atoms with Gasteiger partial charge in [0.15, 0.2) is 0 Å². The van der Waals surface area contributed by atoms with E-state index in [4.69, 9.17) is 9.47 Å². The lowest BCUT2D eigenvalue weighted by atomic mass is 9.63. The highest BCUT2D eigenvalue weighted by atomic mass is 16.5. The molecule has 190 valence electrons. The van der Waals surface area contributed by atoms with Crippen LogP contribution in [0.15, 0.2) is 72.8 Å². The van der Waals surface area contributed by atoms with E-state index in [0.717, 1.165) is 33.8 Å². The van der Waals surface area contributed by atoms with Crippen LogP contribution in [0.5, 0.6) is 11.5 Å². The molecule has 0 saturated carbocycles. The maximum atomic E-state index is 9.29. The minimum Gasteiger partial charge on any atom is -0.491 e. The first-order valence-corrected chi connectivity index (χ1v) is 12.8. The molecule has 0 saturated heterocycles. The summed E-state index contributed by atoms with van der Waals surface area (Å²) in [5.74, 6) is 1.53. The summed E-state index contributed by atoms with van der Waals surface area (Å²) in [6.45, 7) is 9.11. The highest BCUT2D eigenvalue weighted by Crippen LogP contribution is 2.59. The lowest BCUT2D eigenvalue weighted by molar-refractivity contribution is 0.201. The van der Waals surface area contributed by atoms with Crippen molar-refractivity contribution in [3.05, 3.63) is 117 Å². The van der Waals surface area contributed by atoms with E-state index in [2.05, 4.69) is 100 Å². The Kier molecular flexibility index (Phi) is 6.80. The monoisotopic (exact) mass is 494 g/mol. The molecule has 4 aromatic carbocycles. The minimum absolute atomic E-state index is 0.0202. The van der Waals surface area contributed by atoms with Crippen molar-refractivity contribution in [2.24, 2.45) is 0 Å². The minimum atomic E-state index is -0.527. The molecule has 0 bridgehead atoms. The topological polar surface area (TPSA) is 58.9 Å². The van der Waals surface area contributed by atoms with Gasteiger partial charge < -0.3 is 19.7 Å². The molecule has 0 fully saturated rings. The van der Waals surface area contributed by atoms with Gasteiger partial charge in [0.25, 0.3) is 0 Å². The molecule has 4 heteroatoms. The van der Waals surface area contributed by atoms with Gasteiger partial charge in [-0.15, -0.1) is 0 Å². The second-order valence-corrected chi connectivity index (χ2v) is 9.85. The first-order chi connectivity index (χ1) is 17.9. The molecule has 2 N–H and O–H groups in total. The molecule has 1 aliphatic carbocycles. The summed E-state index contributed by atoms with van der Waals surface area (Å²) in [4.78, 5) is 0. The van der Waals surface area contributed by atoms with Crippen molar-refractivity contribution in [3.8, 4) is 22.6 Å². The Hall–Kier alpha value is -3.60. The normalized spacial score (nSPS) is 13.2. The van der Waals surface area contributed by atoms with E-state index in [0.29, 0.717) is 0 Å². The molecule has 0 amide bonds. The average Bonchev–Trinajstić information content (AvgIpc) is 3.16. The molecule has 4 aromatic rings. The predicted octanol–water partition coefficient (Wildman–Crippen LogP) is 6.03. The molecule has 0 unspecified atom stereocenters. The number of hydrogen-bond acceptors (Lipinski definition) is 4. The predicted molar refractivity (Wildman–Crippen MR) is 148 cm³/mol. The van der Waals surface area contributed by atoms with Crippen LogP contribution in [0, 0.1) is 27.7 Å². The lowest BCUT2D eigenvalue weighted by Gasteiger charge is -2.39. The van der Waals surface area contributed by atoms with Crippen LogP contribution >= 0.6 is 0 Å². The summed E-state index contributed by atoms with van der Waals surface area (Å²) in [6, 6.07) is 25.8. The van der Waals surface area contributed by atoms with Crippen molar-refractivity contribution in [3.63, 3.8) is 0 Å². The number of benzene rings is 4.